The van der Waals surface area contributed by atoms with E-state index in [-0.39, 0.29) is 25.0 Å². The van der Waals surface area contributed by atoms with E-state index in [1.165, 1.54) is 0 Å². The van der Waals surface area contributed by atoms with Crippen LogP contribution < -0.4 is 15.4 Å². The van der Waals surface area contributed by atoms with Crippen LogP contribution in [-0.2, 0) is 22.7 Å². The Morgan fingerprint density at radius 3 is 2.15 bits per heavy atom. The topological polar surface area (TPSA) is 85.2 Å². The van der Waals surface area contributed by atoms with Gasteiger partial charge in [-0.3, -0.25) is 9.59 Å². The molecule has 0 bridgehead atoms. The molecule has 0 fully saturated rings. The number of benzene rings is 3. The highest BCUT2D eigenvalue weighted by Gasteiger charge is 2.21. The van der Waals surface area contributed by atoms with Crippen molar-refractivity contribution in [2.45, 2.75) is 33.9 Å². The molecule has 0 aliphatic heterocycles. The first-order valence-corrected chi connectivity index (χ1v) is 11.1. The molecule has 1 heterocycles. The van der Waals surface area contributed by atoms with E-state index in [0.29, 0.717) is 17.2 Å². The second-order valence-electron chi connectivity index (χ2n) is 9.03. The molecule has 2 amide bonds. The van der Waals surface area contributed by atoms with Crippen LogP contribution in [0, 0.1) is 5.41 Å². The fourth-order valence-electron chi connectivity index (χ4n) is 3.38. The number of hydrogen-bond acceptors (Lipinski definition) is 4. The summed E-state index contributed by atoms with van der Waals surface area (Å²) in [6, 6.07) is 24.3. The molecule has 4 aromatic rings. The lowest BCUT2D eigenvalue weighted by molar-refractivity contribution is -0.123. The molecular weight excluding hydrogens is 428 g/mol. The van der Waals surface area contributed by atoms with Gasteiger partial charge in [0.25, 0.3) is 0 Å². The summed E-state index contributed by atoms with van der Waals surface area (Å²) in [6.07, 6.45) is 0. The number of imidazole rings is 1. The Bertz CT molecular complexity index is 1290. The third-order valence-corrected chi connectivity index (χ3v) is 5.25. The molecule has 0 saturated heterocycles. The van der Waals surface area contributed by atoms with Crippen LogP contribution in [0.5, 0.6) is 5.75 Å². The molecule has 34 heavy (non-hydrogen) atoms. The van der Waals surface area contributed by atoms with Crippen LogP contribution in [0.25, 0.3) is 11.0 Å². The summed E-state index contributed by atoms with van der Waals surface area (Å²) in [5, 5.41) is 5.79. The molecule has 0 saturated carbocycles. The van der Waals surface area contributed by atoms with Gasteiger partial charge < -0.3 is 19.9 Å². The van der Waals surface area contributed by atoms with E-state index in [1.807, 2.05) is 79.9 Å². The van der Waals surface area contributed by atoms with Gasteiger partial charge in [-0.1, -0.05) is 51.1 Å². The molecule has 0 atom stereocenters. The van der Waals surface area contributed by atoms with E-state index in [9.17, 15) is 9.59 Å². The van der Waals surface area contributed by atoms with E-state index in [2.05, 4.69) is 15.6 Å². The van der Waals surface area contributed by atoms with Crippen LogP contribution in [-0.4, -0.2) is 21.4 Å². The van der Waals surface area contributed by atoms with E-state index < -0.39 is 5.41 Å². The minimum Gasteiger partial charge on any atom is -0.486 e. The Morgan fingerprint density at radius 1 is 0.853 bits per heavy atom. The van der Waals surface area contributed by atoms with Crippen LogP contribution in [0.4, 0.5) is 11.4 Å². The van der Waals surface area contributed by atoms with E-state index >= 15 is 0 Å². The number of aromatic nitrogens is 2. The number of ether oxygens (including phenoxy) is 1. The molecule has 3 aromatic carbocycles. The van der Waals surface area contributed by atoms with Gasteiger partial charge in [0.2, 0.25) is 11.8 Å². The minimum absolute atomic E-state index is 0.0680. The molecule has 7 heteroatoms. The van der Waals surface area contributed by atoms with Crippen molar-refractivity contribution >= 4 is 34.2 Å². The zero-order valence-electron chi connectivity index (χ0n) is 19.5. The van der Waals surface area contributed by atoms with Gasteiger partial charge in [-0.15, -0.1) is 0 Å². The first-order valence-electron chi connectivity index (χ1n) is 11.1. The van der Waals surface area contributed by atoms with E-state index in [4.69, 9.17) is 4.74 Å². The Morgan fingerprint density at radius 2 is 1.47 bits per heavy atom. The van der Waals surface area contributed by atoms with Crippen LogP contribution in [0.3, 0.4) is 0 Å². The Labute approximate surface area is 198 Å². The number of hydrogen-bond donors (Lipinski definition) is 2. The van der Waals surface area contributed by atoms with Crippen molar-refractivity contribution in [1.29, 1.82) is 0 Å². The van der Waals surface area contributed by atoms with Gasteiger partial charge in [0, 0.05) is 16.8 Å². The Balaban J connectivity index is 1.45. The highest BCUT2D eigenvalue weighted by molar-refractivity contribution is 5.95. The normalized spacial score (nSPS) is 11.3. The molecule has 2 N–H and O–H groups in total. The molecule has 0 unspecified atom stereocenters. The minimum atomic E-state index is -0.484. The van der Waals surface area contributed by atoms with Crippen molar-refractivity contribution in [1.82, 2.24) is 9.55 Å². The Hall–Kier alpha value is -4.13. The summed E-state index contributed by atoms with van der Waals surface area (Å²) in [4.78, 5) is 29.7. The van der Waals surface area contributed by atoms with Crippen LogP contribution in [0.1, 0.15) is 26.6 Å². The molecule has 174 valence electrons. The number of nitrogens with zero attached hydrogens (tertiary/aromatic N) is 2. The quantitative estimate of drug-likeness (QED) is 0.398. The standard InChI is InChI=1S/C27H28N4O3/c1-27(2,3)26(33)29-20-15-13-19(14-16-20)28-25(32)17-31-23-12-8-7-11-22(23)30-24(31)18-34-21-9-5-4-6-10-21/h4-16H,17-18H2,1-3H3,(H,28,32)(H,29,33). The first-order chi connectivity index (χ1) is 16.3. The fraction of sp³-hybridized carbons (Fsp3) is 0.222. The molecule has 4 rings (SSSR count). The number of para-hydroxylation sites is 3. The van der Waals surface area contributed by atoms with Gasteiger partial charge in [0.05, 0.1) is 11.0 Å². The van der Waals surface area contributed by atoms with Crippen LogP contribution in [0.15, 0.2) is 78.9 Å². The van der Waals surface area contributed by atoms with Gasteiger partial charge >= 0.3 is 0 Å². The second-order valence-corrected chi connectivity index (χ2v) is 9.03. The second kappa shape index (κ2) is 9.79. The largest absolute Gasteiger partial charge is 0.486 e. The summed E-state index contributed by atoms with van der Waals surface area (Å²) < 4.78 is 7.75. The van der Waals surface area contributed by atoms with Gasteiger partial charge in [0.15, 0.2) is 0 Å². The van der Waals surface area contributed by atoms with E-state index in [0.717, 1.165) is 16.8 Å². The third kappa shape index (κ3) is 5.61. The van der Waals surface area contributed by atoms with Crippen molar-refractivity contribution in [3.8, 4) is 5.75 Å². The number of fused-ring (bicyclic) bond motifs is 1. The summed E-state index contributed by atoms with van der Waals surface area (Å²) in [5.74, 6) is 1.15. The average molecular weight is 457 g/mol. The van der Waals surface area contributed by atoms with E-state index in [1.54, 1.807) is 24.3 Å². The summed E-state index contributed by atoms with van der Waals surface area (Å²) in [7, 11) is 0. The van der Waals surface area contributed by atoms with Gasteiger partial charge in [0.1, 0.15) is 24.7 Å². The fourth-order valence-corrected chi connectivity index (χ4v) is 3.38. The summed E-state index contributed by atoms with van der Waals surface area (Å²) in [5.41, 5.74) is 2.51. The number of nitrogens with one attached hydrogen (secondary N) is 2. The summed E-state index contributed by atoms with van der Waals surface area (Å²) in [6.45, 7) is 5.91. The van der Waals surface area contributed by atoms with Crippen molar-refractivity contribution in [3.63, 3.8) is 0 Å². The zero-order chi connectivity index (χ0) is 24.1. The number of anilines is 2. The number of rotatable bonds is 7. The smallest absolute Gasteiger partial charge is 0.244 e. The first kappa shape index (κ1) is 23.0. The summed E-state index contributed by atoms with van der Waals surface area (Å²) >= 11 is 0. The molecule has 0 spiro atoms. The Kier molecular flexibility index (Phi) is 6.63. The predicted octanol–water partition coefficient (Wildman–Crippen LogP) is 5.24. The molecule has 1 aromatic heterocycles. The molecule has 0 aliphatic carbocycles. The number of amides is 2. The SMILES string of the molecule is CC(C)(C)C(=O)Nc1ccc(NC(=O)Cn2c(COc3ccccc3)nc3ccccc32)cc1. The van der Waals surface area contributed by atoms with Crippen molar-refractivity contribution in [2.24, 2.45) is 5.41 Å². The predicted molar refractivity (Wildman–Crippen MR) is 134 cm³/mol. The van der Waals surface area contributed by atoms with Crippen molar-refractivity contribution in [2.75, 3.05) is 10.6 Å². The average Bonchev–Trinajstić information content (AvgIpc) is 3.16. The number of carbonyl (C=O) groups excluding carboxylic acids is 2. The number of carbonyl (C=O) groups is 2. The van der Waals surface area contributed by atoms with Gasteiger partial charge in [-0.05, 0) is 48.5 Å². The molecule has 0 aliphatic rings. The highest BCUT2D eigenvalue weighted by atomic mass is 16.5. The maximum absolute atomic E-state index is 12.9. The maximum Gasteiger partial charge on any atom is 0.244 e. The lowest BCUT2D eigenvalue weighted by atomic mass is 9.95. The van der Waals surface area contributed by atoms with Crippen LogP contribution in [0.2, 0.25) is 0 Å². The lowest BCUT2D eigenvalue weighted by Crippen LogP contribution is -2.27. The van der Waals surface area contributed by atoms with Gasteiger partial charge in [-0.2, -0.15) is 0 Å². The zero-order valence-corrected chi connectivity index (χ0v) is 19.5. The monoisotopic (exact) mass is 456 g/mol. The van der Waals surface area contributed by atoms with Crippen molar-refractivity contribution < 1.29 is 14.3 Å². The molecule has 0 radical (unpaired) electrons. The third-order valence-electron chi connectivity index (χ3n) is 5.25. The maximum atomic E-state index is 12.9. The molecular formula is C27H28N4O3. The lowest BCUT2D eigenvalue weighted by Gasteiger charge is -2.17. The van der Waals surface area contributed by atoms with Gasteiger partial charge in [-0.25, -0.2) is 4.98 Å². The van der Waals surface area contributed by atoms with Crippen molar-refractivity contribution in [3.05, 3.63) is 84.7 Å². The highest BCUT2D eigenvalue weighted by Crippen LogP contribution is 2.21. The van der Waals surface area contributed by atoms with Crippen LogP contribution >= 0.6 is 0 Å². The molecule has 7 nitrogen and oxygen atoms in total.